The number of carbonyl (C=O) groups excluding carboxylic acids is 1. The van der Waals surface area contributed by atoms with E-state index in [0.29, 0.717) is 0 Å². The van der Waals surface area contributed by atoms with Gasteiger partial charge in [0.1, 0.15) is 0 Å². The minimum Gasteiger partial charge on any atom is -0.295 e. The fraction of sp³-hybridized carbons (Fsp3) is 0.571. The summed E-state index contributed by atoms with van der Waals surface area (Å²) in [5.74, 6) is 0.252. The van der Waals surface area contributed by atoms with Crippen LogP contribution in [0.4, 0.5) is 0 Å². The van der Waals surface area contributed by atoms with Crippen LogP contribution >= 0.6 is 0 Å². The van der Waals surface area contributed by atoms with Crippen LogP contribution in [-0.4, -0.2) is 5.78 Å². The summed E-state index contributed by atoms with van der Waals surface area (Å²) in [6.07, 6.45) is 5.33. The topological polar surface area (TPSA) is 17.1 Å². The molecular formula is C7H10O. The molecule has 1 aliphatic carbocycles. The number of Topliss-reactive ketones (excluding diaryl/α,β-unsaturated/α-hetero) is 1. The summed E-state index contributed by atoms with van der Waals surface area (Å²) in [7, 11) is 0. The molecule has 1 aliphatic rings. The second-order valence-electron chi connectivity index (χ2n) is 2.18. The fourth-order valence-electron chi connectivity index (χ4n) is 0.991. The van der Waals surface area contributed by atoms with Crippen LogP contribution in [0.1, 0.15) is 26.2 Å². The highest BCUT2D eigenvalue weighted by atomic mass is 16.1. The molecule has 44 valence electrons. The molecule has 0 radical (unpaired) electrons. The monoisotopic (exact) mass is 110 g/mol. The molecule has 1 rings (SSSR count). The van der Waals surface area contributed by atoms with Crippen molar-refractivity contribution in [3.63, 3.8) is 0 Å². The second kappa shape index (κ2) is 2.12. The first-order valence-corrected chi connectivity index (χ1v) is 3.00. The summed E-state index contributed by atoms with van der Waals surface area (Å²) in [4.78, 5) is 10.6. The van der Waals surface area contributed by atoms with Crippen LogP contribution in [0.25, 0.3) is 0 Å². The van der Waals surface area contributed by atoms with Crippen LogP contribution in [0.3, 0.4) is 0 Å². The molecule has 0 saturated heterocycles. The molecule has 0 spiro atoms. The van der Waals surface area contributed by atoms with Gasteiger partial charge < -0.3 is 0 Å². The van der Waals surface area contributed by atoms with Crippen molar-refractivity contribution in [1.82, 2.24) is 0 Å². The Morgan fingerprint density at radius 1 is 1.75 bits per heavy atom. The normalized spacial score (nSPS) is 18.4. The van der Waals surface area contributed by atoms with Crippen molar-refractivity contribution in [2.24, 2.45) is 0 Å². The smallest absolute Gasteiger partial charge is 0.155 e. The molecule has 0 fully saturated rings. The van der Waals surface area contributed by atoms with Gasteiger partial charge in [0.25, 0.3) is 0 Å². The highest BCUT2D eigenvalue weighted by Crippen LogP contribution is 2.17. The van der Waals surface area contributed by atoms with E-state index in [1.54, 1.807) is 6.92 Å². The Labute approximate surface area is 49.4 Å². The van der Waals surface area contributed by atoms with Gasteiger partial charge in [-0.1, -0.05) is 6.08 Å². The predicted molar refractivity (Wildman–Crippen MR) is 32.6 cm³/mol. The molecule has 0 atom stereocenters. The third kappa shape index (κ3) is 0.971. The molecule has 0 N–H and O–H groups in total. The molecule has 0 aromatic rings. The minimum atomic E-state index is 0.252. The van der Waals surface area contributed by atoms with Gasteiger partial charge in [0.15, 0.2) is 5.78 Å². The summed E-state index contributed by atoms with van der Waals surface area (Å²) in [6, 6.07) is 0. The highest BCUT2D eigenvalue weighted by molar-refractivity contribution is 5.93. The van der Waals surface area contributed by atoms with Crippen LogP contribution in [0.15, 0.2) is 11.6 Å². The molecule has 0 aromatic carbocycles. The van der Waals surface area contributed by atoms with Crippen LogP contribution in [0.2, 0.25) is 0 Å². The Kier molecular flexibility index (Phi) is 1.47. The Bertz CT molecular complexity index is 133. The molecule has 0 saturated carbocycles. The molecule has 0 amide bonds. The van der Waals surface area contributed by atoms with Crippen molar-refractivity contribution in [3.8, 4) is 0 Å². The van der Waals surface area contributed by atoms with E-state index in [1.165, 1.54) is 6.42 Å². The van der Waals surface area contributed by atoms with Gasteiger partial charge in [0.05, 0.1) is 0 Å². The van der Waals surface area contributed by atoms with Gasteiger partial charge in [-0.2, -0.15) is 0 Å². The van der Waals surface area contributed by atoms with Gasteiger partial charge in [-0.25, -0.2) is 0 Å². The van der Waals surface area contributed by atoms with Crippen molar-refractivity contribution in [2.75, 3.05) is 0 Å². The minimum absolute atomic E-state index is 0.252. The largest absolute Gasteiger partial charge is 0.295 e. The molecule has 0 aliphatic heterocycles. The van der Waals surface area contributed by atoms with Gasteiger partial charge in [0, 0.05) is 0 Å². The zero-order valence-electron chi connectivity index (χ0n) is 5.11. The number of carbonyl (C=O) groups is 1. The number of hydrogen-bond donors (Lipinski definition) is 0. The number of rotatable bonds is 1. The SMILES string of the molecule is CC(=O)C1=CCCC1. The van der Waals surface area contributed by atoms with Crippen LogP contribution < -0.4 is 0 Å². The number of ketones is 1. The Balaban J connectivity index is 2.57. The molecule has 0 aromatic heterocycles. The third-order valence-electron chi connectivity index (χ3n) is 1.49. The zero-order valence-corrected chi connectivity index (χ0v) is 5.11. The summed E-state index contributed by atoms with van der Waals surface area (Å²) in [5.41, 5.74) is 1.03. The van der Waals surface area contributed by atoms with Crippen molar-refractivity contribution >= 4 is 5.78 Å². The van der Waals surface area contributed by atoms with Gasteiger partial charge in [-0.15, -0.1) is 0 Å². The molecule has 1 nitrogen and oxygen atoms in total. The van der Waals surface area contributed by atoms with Crippen molar-refractivity contribution in [3.05, 3.63) is 11.6 Å². The van der Waals surface area contributed by atoms with Crippen LogP contribution in [-0.2, 0) is 4.79 Å². The van der Waals surface area contributed by atoms with Crippen molar-refractivity contribution in [1.29, 1.82) is 0 Å². The Morgan fingerprint density at radius 2 is 2.50 bits per heavy atom. The first-order valence-electron chi connectivity index (χ1n) is 3.00. The molecule has 0 unspecified atom stereocenters. The molecular weight excluding hydrogens is 100 g/mol. The van der Waals surface area contributed by atoms with E-state index in [-0.39, 0.29) is 5.78 Å². The lowest BCUT2D eigenvalue weighted by Crippen LogP contribution is -1.90. The average molecular weight is 110 g/mol. The quantitative estimate of drug-likeness (QED) is 0.502. The van der Waals surface area contributed by atoms with E-state index >= 15 is 0 Å². The van der Waals surface area contributed by atoms with E-state index < -0.39 is 0 Å². The van der Waals surface area contributed by atoms with Gasteiger partial charge in [-0.3, -0.25) is 4.79 Å². The van der Waals surface area contributed by atoms with E-state index in [1.807, 2.05) is 6.08 Å². The first-order chi connectivity index (χ1) is 3.80. The van der Waals surface area contributed by atoms with E-state index in [9.17, 15) is 4.79 Å². The average Bonchev–Trinajstić information content (AvgIpc) is 2.12. The maximum absolute atomic E-state index is 10.6. The fourth-order valence-corrected chi connectivity index (χ4v) is 0.991. The lowest BCUT2D eigenvalue weighted by atomic mass is 10.2. The number of hydrogen-bond acceptors (Lipinski definition) is 1. The van der Waals surface area contributed by atoms with Crippen LogP contribution in [0, 0.1) is 0 Å². The van der Waals surface area contributed by atoms with E-state index in [2.05, 4.69) is 0 Å². The van der Waals surface area contributed by atoms with E-state index in [4.69, 9.17) is 0 Å². The summed E-state index contributed by atoms with van der Waals surface area (Å²) < 4.78 is 0. The van der Waals surface area contributed by atoms with Crippen molar-refractivity contribution in [2.45, 2.75) is 26.2 Å². The lowest BCUT2D eigenvalue weighted by molar-refractivity contribution is -0.113. The van der Waals surface area contributed by atoms with Gasteiger partial charge in [0.2, 0.25) is 0 Å². The molecule has 0 heterocycles. The molecule has 1 heteroatoms. The van der Waals surface area contributed by atoms with Gasteiger partial charge >= 0.3 is 0 Å². The standard InChI is InChI=1S/C7H10O/c1-6(8)7-4-2-3-5-7/h4H,2-3,5H2,1H3. The maximum Gasteiger partial charge on any atom is 0.155 e. The van der Waals surface area contributed by atoms with E-state index in [0.717, 1.165) is 18.4 Å². The van der Waals surface area contributed by atoms with Crippen molar-refractivity contribution < 1.29 is 4.79 Å². The summed E-state index contributed by atoms with van der Waals surface area (Å²) >= 11 is 0. The summed E-state index contributed by atoms with van der Waals surface area (Å²) in [6.45, 7) is 1.64. The second-order valence-corrected chi connectivity index (χ2v) is 2.18. The molecule has 0 bridgehead atoms. The highest BCUT2D eigenvalue weighted by Gasteiger charge is 2.06. The Morgan fingerprint density at radius 3 is 2.75 bits per heavy atom. The first kappa shape index (κ1) is 5.54. The summed E-state index contributed by atoms with van der Waals surface area (Å²) in [5, 5.41) is 0. The maximum atomic E-state index is 10.6. The lowest BCUT2D eigenvalue weighted by Gasteiger charge is -1.88. The third-order valence-corrected chi connectivity index (χ3v) is 1.49. The predicted octanol–water partition coefficient (Wildman–Crippen LogP) is 1.69. The zero-order chi connectivity index (χ0) is 5.98. The number of allylic oxidation sites excluding steroid dienone is 2. The molecule has 8 heavy (non-hydrogen) atoms. The van der Waals surface area contributed by atoms with Gasteiger partial charge in [-0.05, 0) is 31.8 Å². The van der Waals surface area contributed by atoms with Crippen LogP contribution in [0.5, 0.6) is 0 Å². The Hall–Kier alpha value is -0.590.